The maximum absolute atomic E-state index is 13.4. The molecule has 0 spiro atoms. The Morgan fingerprint density at radius 3 is 2.48 bits per heavy atom. The van der Waals surface area contributed by atoms with E-state index in [-0.39, 0.29) is 29.3 Å². The lowest BCUT2D eigenvalue weighted by atomic mass is 9.90. The largest absolute Gasteiger partial charge is 0.338 e. The number of carbonyl (C=O) groups is 2. The van der Waals surface area contributed by atoms with Crippen molar-refractivity contribution in [3.63, 3.8) is 0 Å². The Labute approximate surface area is 202 Å². The van der Waals surface area contributed by atoms with Gasteiger partial charge in [0.1, 0.15) is 0 Å². The molecule has 0 saturated carbocycles. The molecule has 1 fully saturated rings. The summed E-state index contributed by atoms with van der Waals surface area (Å²) >= 11 is 1.83. The van der Waals surface area contributed by atoms with Crippen LogP contribution in [0.25, 0.3) is 0 Å². The summed E-state index contributed by atoms with van der Waals surface area (Å²) in [5.41, 5.74) is 3.87. The number of hydrogen-bond donors (Lipinski definition) is 0. The second-order valence-corrected chi connectivity index (χ2v) is 11.8. The summed E-state index contributed by atoms with van der Waals surface area (Å²) in [6.07, 6.45) is 1.54. The Morgan fingerprint density at radius 2 is 1.79 bits per heavy atom. The van der Waals surface area contributed by atoms with Gasteiger partial charge in [-0.25, -0.2) is 0 Å². The number of thiophene rings is 1. The molecule has 0 aliphatic carbocycles. The van der Waals surface area contributed by atoms with E-state index < -0.39 is 0 Å². The monoisotopic (exact) mass is 467 g/mol. The Kier molecular flexibility index (Phi) is 6.96. The van der Waals surface area contributed by atoms with Crippen LogP contribution >= 0.6 is 11.3 Å². The quantitative estimate of drug-likeness (QED) is 0.665. The fourth-order valence-corrected chi connectivity index (χ4v) is 6.08. The predicted molar refractivity (Wildman–Crippen MR) is 134 cm³/mol. The topological polar surface area (TPSA) is 43.9 Å². The van der Waals surface area contributed by atoms with Gasteiger partial charge in [-0.05, 0) is 53.8 Å². The van der Waals surface area contributed by atoms with Crippen LogP contribution in [0.3, 0.4) is 0 Å². The van der Waals surface area contributed by atoms with Crippen LogP contribution < -0.4 is 0 Å². The summed E-state index contributed by atoms with van der Waals surface area (Å²) in [6, 6.07) is 10.9. The van der Waals surface area contributed by atoms with E-state index in [1.54, 1.807) is 0 Å². The maximum atomic E-state index is 13.4. The molecule has 0 N–H and O–H groups in total. The molecule has 1 aromatic heterocycles. The molecule has 0 unspecified atom stereocenters. The normalized spacial score (nSPS) is 21.7. The third-order valence-electron chi connectivity index (χ3n) is 6.87. The zero-order valence-corrected chi connectivity index (χ0v) is 21.5. The molecule has 2 atom stereocenters. The van der Waals surface area contributed by atoms with Crippen molar-refractivity contribution in [1.29, 1.82) is 0 Å². The van der Waals surface area contributed by atoms with Crippen LogP contribution in [0.5, 0.6) is 0 Å². The molecule has 1 aromatic carbocycles. The summed E-state index contributed by atoms with van der Waals surface area (Å²) < 4.78 is 0. The number of benzene rings is 1. The second-order valence-electron chi connectivity index (χ2n) is 10.8. The van der Waals surface area contributed by atoms with E-state index >= 15 is 0 Å². The van der Waals surface area contributed by atoms with Crippen molar-refractivity contribution in [2.45, 2.75) is 59.5 Å². The third kappa shape index (κ3) is 5.33. The van der Waals surface area contributed by atoms with Crippen LogP contribution in [0.4, 0.5) is 0 Å². The number of amides is 2. The van der Waals surface area contributed by atoms with Crippen molar-refractivity contribution in [2.24, 2.45) is 5.41 Å². The highest BCUT2D eigenvalue weighted by molar-refractivity contribution is 7.10. The number of aryl methyl sites for hydroxylation is 1. The first-order valence-corrected chi connectivity index (χ1v) is 12.9. The molecule has 33 heavy (non-hydrogen) atoms. The summed E-state index contributed by atoms with van der Waals surface area (Å²) in [5, 5.41) is 2.18. The van der Waals surface area contributed by atoms with Gasteiger partial charge >= 0.3 is 0 Å². The molecule has 6 heteroatoms. The minimum Gasteiger partial charge on any atom is -0.338 e. The van der Waals surface area contributed by atoms with Crippen molar-refractivity contribution >= 4 is 23.2 Å². The van der Waals surface area contributed by atoms with Crippen LogP contribution in [0.1, 0.15) is 61.7 Å². The zero-order chi connectivity index (χ0) is 23.8. The molecule has 2 aromatic rings. The molecule has 178 valence electrons. The first-order valence-electron chi connectivity index (χ1n) is 12.1. The number of fused-ring (bicyclic) bond motifs is 1. The molecule has 5 nitrogen and oxygen atoms in total. The minimum absolute atomic E-state index is 0.0247. The lowest BCUT2D eigenvalue weighted by molar-refractivity contribution is -0.144. The Morgan fingerprint density at radius 1 is 1.03 bits per heavy atom. The van der Waals surface area contributed by atoms with E-state index in [0.717, 1.165) is 13.0 Å². The highest BCUT2D eigenvalue weighted by Gasteiger charge is 2.35. The summed E-state index contributed by atoms with van der Waals surface area (Å²) in [6.45, 7) is 13.7. The zero-order valence-electron chi connectivity index (χ0n) is 20.6. The van der Waals surface area contributed by atoms with Gasteiger partial charge in [-0.1, -0.05) is 45.0 Å². The molecular weight excluding hydrogens is 430 g/mol. The lowest BCUT2D eigenvalue weighted by Gasteiger charge is -2.42. The van der Waals surface area contributed by atoms with E-state index in [9.17, 15) is 9.59 Å². The molecule has 1 saturated heterocycles. The summed E-state index contributed by atoms with van der Waals surface area (Å²) in [4.78, 5) is 33.9. The molecule has 0 radical (unpaired) electrons. The highest BCUT2D eigenvalue weighted by atomic mass is 32.1. The standard InChI is InChI=1S/C27H37N3O2S/c1-19-8-6-7-9-21(19)26-22-11-15-33-23(22)10-12-29(26)18-25(32)28-13-14-30(20(2)17-28)24(31)16-27(3,4)5/h6-9,11,15,20,26H,10,12-14,16-18H2,1-5H3/t20-,26-/m0/s1. The van der Waals surface area contributed by atoms with Crippen molar-refractivity contribution < 1.29 is 9.59 Å². The molecule has 2 aliphatic rings. The first kappa shape index (κ1) is 24.0. The van der Waals surface area contributed by atoms with Gasteiger partial charge in [0.2, 0.25) is 11.8 Å². The van der Waals surface area contributed by atoms with Crippen molar-refractivity contribution in [1.82, 2.24) is 14.7 Å². The van der Waals surface area contributed by atoms with Crippen molar-refractivity contribution in [2.75, 3.05) is 32.7 Å². The van der Waals surface area contributed by atoms with Gasteiger partial charge in [-0.15, -0.1) is 11.3 Å². The van der Waals surface area contributed by atoms with E-state index in [1.807, 2.05) is 21.1 Å². The Bertz CT molecular complexity index is 1010. The number of rotatable bonds is 4. The summed E-state index contributed by atoms with van der Waals surface area (Å²) in [5.74, 6) is 0.366. The molecule has 2 aliphatic heterocycles. The van der Waals surface area contributed by atoms with Gasteiger partial charge in [0.25, 0.3) is 0 Å². The predicted octanol–water partition coefficient (Wildman–Crippen LogP) is 4.50. The van der Waals surface area contributed by atoms with E-state index in [2.05, 4.69) is 75.2 Å². The van der Waals surface area contributed by atoms with E-state index in [1.165, 1.54) is 21.6 Å². The Balaban J connectivity index is 1.46. The molecule has 2 amide bonds. The van der Waals surface area contributed by atoms with Crippen LogP contribution in [0, 0.1) is 12.3 Å². The Hall–Kier alpha value is -2.18. The number of piperazine rings is 1. The fourth-order valence-electron chi connectivity index (χ4n) is 5.18. The van der Waals surface area contributed by atoms with Crippen LogP contribution in [0.15, 0.2) is 35.7 Å². The molecule has 0 bridgehead atoms. The van der Waals surface area contributed by atoms with Crippen LogP contribution in [0.2, 0.25) is 0 Å². The lowest BCUT2D eigenvalue weighted by Crippen LogP contribution is -2.57. The highest BCUT2D eigenvalue weighted by Crippen LogP contribution is 2.38. The maximum Gasteiger partial charge on any atom is 0.236 e. The summed E-state index contributed by atoms with van der Waals surface area (Å²) in [7, 11) is 0. The van der Waals surface area contributed by atoms with Gasteiger partial charge in [0, 0.05) is 43.5 Å². The van der Waals surface area contributed by atoms with E-state index in [0.29, 0.717) is 32.6 Å². The fraction of sp³-hybridized carbons (Fsp3) is 0.556. The molecule has 3 heterocycles. The van der Waals surface area contributed by atoms with Gasteiger partial charge < -0.3 is 9.80 Å². The average Bonchev–Trinajstić information content (AvgIpc) is 3.22. The van der Waals surface area contributed by atoms with Gasteiger partial charge in [-0.3, -0.25) is 14.5 Å². The van der Waals surface area contributed by atoms with Crippen LogP contribution in [-0.4, -0.2) is 65.3 Å². The van der Waals surface area contributed by atoms with Gasteiger partial charge in [-0.2, -0.15) is 0 Å². The van der Waals surface area contributed by atoms with Gasteiger partial charge in [0.15, 0.2) is 0 Å². The average molecular weight is 468 g/mol. The van der Waals surface area contributed by atoms with Crippen LogP contribution in [-0.2, 0) is 16.0 Å². The third-order valence-corrected chi connectivity index (χ3v) is 7.87. The second kappa shape index (κ2) is 9.59. The molecular formula is C27H37N3O2S. The van der Waals surface area contributed by atoms with Crippen molar-refractivity contribution in [3.8, 4) is 0 Å². The van der Waals surface area contributed by atoms with Gasteiger partial charge in [0.05, 0.1) is 12.6 Å². The molecule has 4 rings (SSSR count). The first-order chi connectivity index (χ1) is 15.6. The van der Waals surface area contributed by atoms with Crippen molar-refractivity contribution in [3.05, 3.63) is 57.3 Å². The number of nitrogens with zero attached hydrogens (tertiary/aromatic N) is 3. The smallest absolute Gasteiger partial charge is 0.236 e. The SMILES string of the molecule is Cc1ccccc1[C@H]1c2ccsc2CCN1CC(=O)N1CCN(C(=O)CC(C)(C)C)[C@@H](C)C1. The number of carbonyl (C=O) groups excluding carboxylic acids is 2. The van der Waals surface area contributed by atoms with E-state index in [4.69, 9.17) is 0 Å². The number of hydrogen-bond acceptors (Lipinski definition) is 4. The minimum atomic E-state index is -0.0247.